The zero-order chi connectivity index (χ0) is 23.2. The second-order valence-corrected chi connectivity index (χ2v) is 8.39. The van der Waals surface area contributed by atoms with Gasteiger partial charge in [-0.3, -0.25) is 9.58 Å². The Labute approximate surface area is 196 Å². The molecule has 174 valence electrons. The predicted octanol–water partition coefficient (Wildman–Crippen LogP) is 3.68. The Morgan fingerprint density at radius 2 is 1.85 bits per heavy atom. The number of rotatable bonds is 10. The molecule has 1 aromatic heterocycles. The van der Waals surface area contributed by atoms with E-state index < -0.39 is 0 Å². The molecule has 0 aliphatic carbocycles. The van der Waals surface area contributed by atoms with Crippen LogP contribution in [0.3, 0.4) is 0 Å². The van der Waals surface area contributed by atoms with E-state index in [1.165, 1.54) is 5.56 Å². The number of aromatic nitrogens is 2. The summed E-state index contributed by atoms with van der Waals surface area (Å²) in [6, 6.07) is 20.9. The monoisotopic (exact) mass is 447 g/mol. The number of hydrogen-bond acceptors (Lipinski definition) is 6. The molecule has 1 saturated heterocycles. The van der Waals surface area contributed by atoms with E-state index in [-0.39, 0.29) is 6.04 Å². The molecule has 3 aromatic rings. The van der Waals surface area contributed by atoms with Crippen molar-refractivity contribution in [2.45, 2.75) is 12.0 Å². The molecule has 2 atom stereocenters. The Hall–Kier alpha value is -3.29. The lowest BCUT2D eigenvalue weighted by molar-refractivity contribution is 0.159. The van der Waals surface area contributed by atoms with Gasteiger partial charge in [-0.1, -0.05) is 36.9 Å². The Kier molecular flexibility index (Phi) is 7.32. The molecule has 1 aliphatic heterocycles. The summed E-state index contributed by atoms with van der Waals surface area (Å²) in [4.78, 5) is 2.44. The van der Waals surface area contributed by atoms with Crippen LogP contribution in [0.25, 0.3) is 11.3 Å². The van der Waals surface area contributed by atoms with Crippen molar-refractivity contribution in [1.29, 1.82) is 0 Å². The highest BCUT2D eigenvalue weighted by atomic mass is 16.5. The minimum absolute atomic E-state index is 0.249. The first-order chi connectivity index (χ1) is 16.1. The van der Waals surface area contributed by atoms with E-state index in [0.29, 0.717) is 5.92 Å². The summed E-state index contributed by atoms with van der Waals surface area (Å²) in [5, 5.41) is 11.7. The van der Waals surface area contributed by atoms with E-state index in [0.717, 1.165) is 54.9 Å². The standard InChI is InChI=1S/C26H33N5O2/c1-19(28-26-16-24(29-30(26)2)21-10-12-22(33-4)13-11-21)27-25-18-31(14-15-32-3)17-23(25)20-8-6-5-7-9-20/h5-13,16,23,25,27-28H,1,14-15,17-18H2,2-4H3/t23-,25+/m0/s1. The highest BCUT2D eigenvalue weighted by molar-refractivity contribution is 5.64. The van der Waals surface area contributed by atoms with Gasteiger partial charge in [-0.25, -0.2) is 0 Å². The van der Waals surface area contributed by atoms with Crippen molar-refractivity contribution < 1.29 is 9.47 Å². The molecule has 33 heavy (non-hydrogen) atoms. The second-order valence-electron chi connectivity index (χ2n) is 8.39. The van der Waals surface area contributed by atoms with Gasteiger partial charge in [0.1, 0.15) is 11.6 Å². The van der Waals surface area contributed by atoms with Crippen LogP contribution in [-0.4, -0.2) is 61.2 Å². The highest BCUT2D eigenvalue weighted by Crippen LogP contribution is 2.29. The Balaban J connectivity index is 1.44. The van der Waals surface area contributed by atoms with E-state index in [1.54, 1.807) is 14.2 Å². The molecule has 2 heterocycles. The van der Waals surface area contributed by atoms with Crippen molar-refractivity contribution in [1.82, 2.24) is 20.0 Å². The Morgan fingerprint density at radius 3 is 2.55 bits per heavy atom. The number of nitrogens with zero attached hydrogens (tertiary/aromatic N) is 3. The molecule has 2 aromatic carbocycles. The van der Waals surface area contributed by atoms with Gasteiger partial charge < -0.3 is 20.1 Å². The number of anilines is 1. The third-order valence-corrected chi connectivity index (χ3v) is 6.14. The lowest BCUT2D eigenvalue weighted by Crippen LogP contribution is -2.37. The first kappa shape index (κ1) is 22.9. The van der Waals surface area contributed by atoms with Crippen LogP contribution in [0.4, 0.5) is 5.82 Å². The fraction of sp³-hybridized carbons (Fsp3) is 0.346. The van der Waals surface area contributed by atoms with Crippen molar-refractivity contribution in [2.24, 2.45) is 7.05 Å². The molecule has 0 unspecified atom stereocenters. The van der Waals surface area contributed by atoms with Gasteiger partial charge in [-0.05, 0) is 29.8 Å². The van der Waals surface area contributed by atoms with Gasteiger partial charge >= 0.3 is 0 Å². The first-order valence-electron chi connectivity index (χ1n) is 11.2. The molecule has 0 amide bonds. The fourth-order valence-corrected chi connectivity index (χ4v) is 4.37. The lowest BCUT2D eigenvalue weighted by Gasteiger charge is -2.23. The zero-order valence-corrected chi connectivity index (χ0v) is 19.6. The van der Waals surface area contributed by atoms with E-state index >= 15 is 0 Å². The molecule has 1 aliphatic rings. The van der Waals surface area contributed by atoms with Crippen LogP contribution < -0.4 is 15.4 Å². The molecule has 0 bridgehead atoms. The zero-order valence-electron chi connectivity index (χ0n) is 19.6. The quantitative estimate of drug-likeness (QED) is 0.494. The summed E-state index contributed by atoms with van der Waals surface area (Å²) in [5.74, 6) is 2.85. The van der Waals surface area contributed by atoms with Gasteiger partial charge in [0.05, 0.1) is 25.2 Å². The maximum absolute atomic E-state index is 5.30. The Morgan fingerprint density at radius 1 is 1.09 bits per heavy atom. The number of benzene rings is 2. The number of hydrogen-bond donors (Lipinski definition) is 2. The second kappa shape index (κ2) is 10.6. The molecule has 7 heteroatoms. The van der Waals surface area contributed by atoms with Crippen LogP contribution in [0.2, 0.25) is 0 Å². The maximum atomic E-state index is 5.30. The first-order valence-corrected chi connectivity index (χ1v) is 11.2. The average Bonchev–Trinajstić information content (AvgIpc) is 3.41. The van der Waals surface area contributed by atoms with Crippen LogP contribution in [-0.2, 0) is 11.8 Å². The number of likely N-dealkylation sites (tertiary alicyclic amines) is 1. The van der Waals surface area contributed by atoms with Gasteiger partial charge in [0.25, 0.3) is 0 Å². The van der Waals surface area contributed by atoms with Crippen molar-refractivity contribution >= 4 is 5.82 Å². The largest absolute Gasteiger partial charge is 0.497 e. The van der Waals surface area contributed by atoms with Crippen molar-refractivity contribution in [3.8, 4) is 17.0 Å². The highest BCUT2D eigenvalue weighted by Gasteiger charge is 2.33. The van der Waals surface area contributed by atoms with Crippen molar-refractivity contribution in [3.63, 3.8) is 0 Å². The maximum Gasteiger partial charge on any atom is 0.130 e. The predicted molar refractivity (Wildman–Crippen MR) is 132 cm³/mol. The molecule has 1 fully saturated rings. The molecular weight excluding hydrogens is 414 g/mol. The molecule has 2 N–H and O–H groups in total. The molecule has 0 spiro atoms. The lowest BCUT2D eigenvalue weighted by atomic mass is 9.94. The molecule has 0 saturated carbocycles. The topological polar surface area (TPSA) is 63.6 Å². The number of ether oxygens (including phenoxy) is 2. The van der Waals surface area contributed by atoms with Crippen LogP contribution in [0.5, 0.6) is 5.75 Å². The summed E-state index contributed by atoms with van der Waals surface area (Å²) < 4.78 is 12.4. The Bertz CT molecular complexity index is 1050. The van der Waals surface area contributed by atoms with E-state index in [1.807, 2.05) is 42.1 Å². The minimum atomic E-state index is 0.249. The number of nitrogens with one attached hydrogen (secondary N) is 2. The molecule has 4 rings (SSSR count). The van der Waals surface area contributed by atoms with Crippen LogP contribution in [0.15, 0.2) is 73.1 Å². The van der Waals surface area contributed by atoms with Gasteiger partial charge in [0, 0.05) is 57.4 Å². The minimum Gasteiger partial charge on any atom is -0.497 e. The fourth-order valence-electron chi connectivity index (χ4n) is 4.37. The molecule has 7 nitrogen and oxygen atoms in total. The summed E-state index contributed by atoms with van der Waals surface area (Å²) in [7, 11) is 5.34. The number of methoxy groups -OCH3 is 2. The van der Waals surface area contributed by atoms with E-state index in [2.05, 4.69) is 57.5 Å². The summed E-state index contributed by atoms with van der Waals surface area (Å²) in [5.41, 5.74) is 3.26. The average molecular weight is 448 g/mol. The molecular formula is C26H33N5O2. The van der Waals surface area contributed by atoms with E-state index in [9.17, 15) is 0 Å². The van der Waals surface area contributed by atoms with Gasteiger partial charge in [0.2, 0.25) is 0 Å². The van der Waals surface area contributed by atoms with Crippen molar-refractivity contribution in [3.05, 3.63) is 78.6 Å². The number of aryl methyl sites for hydroxylation is 1. The summed E-state index contributed by atoms with van der Waals surface area (Å²) in [6.45, 7) is 7.83. The van der Waals surface area contributed by atoms with Crippen LogP contribution in [0, 0.1) is 0 Å². The third-order valence-electron chi connectivity index (χ3n) is 6.14. The van der Waals surface area contributed by atoms with E-state index in [4.69, 9.17) is 9.47 Å². The SMILES string of the molecule is C=C(Nc1cc(-c2ccc(OC)cc2)nn1C)N[C@@H]1CN(CCOC)C[C@H]1c1ccccc1. The smallest absolute Gasteiger partial charge is 0.130 e. The van der Waals surface area contributed by atoms with Gasteiger partial charge in [-0.15, -0.1) is 0 Å². The summed E-state index contributed by atoms with van der Waals surface area (Å²) in [6.07, 6.45) is 0. The van der Waals surface area contributed by atoms with Crippen molar-refractivity contribution in [2.75, 3.05) is 45.8 Å². The summed E-state index contributed by atoms with van der Waals surface area (Å²) >= 11 is 0. The van der Waals surface area contributed by atoms with Gasteiger partial charge in [0.15, 0.2) is 0 Å². The molecule has 0 radical (unpaired) electrons. The normalized spacial score (nSPS) is 18.3. The van der Waals surface area contributed by atoms with Gasteiger partial charge in [-0.2, -0.15) is 5.10 Å². The third kappa shape index (κ3) is 5.56. The van der Waals surface area contributed by atoms with Crippen LogP contribution in [0.1, 0.15) is 11.5 Å². The van der Waals surface area contributed by atoms with Crippen LogP contribution >= 0.6 is 0 Å².